The number of ether oxygens (including phenoxy) is 3. The van der Waals surface area contributed by atoms with Gasteiger partial charge in [-0.1, -0.05) is 12.1 Å². The van der Waals surface area contributed by atoms with Gasteiger partial charge in [-0.15, -0.1) is 0 Å². The van der Waals surface area contributed by atoms with Crippen LogP contribution in [0.1, 0.15) is 37.4 Å². The predicted molar refractivity (Wildman–Crippen MR) is 134 cm³/mol. The third-order valence-electron chi connectivity index (χ3n) is 5.77. The number of methoxy groups -OCH3 is 2. The minimum atomic E-state index is -0.825. The molecule has 3 rings (SSSR count). The highest BCUT2D eigenvalue weighted by Gasteiger charge is 2.47. The molecule has 1 aliphatic rings. The summed E-state index contributed by atoms with van der Waals surface area (Å²) in [5.41, 5.74) is 1.00. The van der Waals surface area contributed by atoms with Crippen LogP contribution >= 0.6 is 0 Å². The number of amides is 1. The summed E-state index contributed by atoms with van der Waals surface area (Å²) in [4.78, 5) is 29.9. The number of Topliss-reactive ketones (excluding diaryl/α,β-unsaturated/α-hetero) is 1. The number of benzene rings is 2. The van der Waals surface area contributed by atoms with Crippen LogP contribution in [0.5, 0.6) is 17.2 Å². The van der Waals surface area contributed by atoms with E-state index in [1.54, 1.807) is 42.5 Å². The van der Waals surface area contributed by atoms with Crippen molar-refractivity contribution in [3.8, 4) is 17.2 Å². The number of hydrogen-bond donors (Lipinski definition) is 1. The number of carbonyl (C=O) groups is 2. The van der Waals surface area contributed by atoms with Gasteiger partial charge in [0.05, 0.1) is 31.9 Å². The van der Waals surface area contributed by atoms with E-state index >= 15 is 0 Å². The van der Waals surface area contributed by atoms with Crippen molar-refractivity contribution in [2.45, 2.75) is 32.4 Å². The lowest BCUT2D eigenvalue weighted by molar-refractivity contribution is -0.140. The average molecular weight is 483 g/mol. The first kappa shape index (κ1) is 26.1. The van der Waals surface area contributed by atoms with Gasteiger partial charge in [-0.25, -0.2) is 0 Å². The van der Waals surface area contributed by atoms with Crippen LogP contribution in [-0.2, 0) is 9.59 Å². The maximum atomic E-state index is 13.3. The second-order valence-electron chi connectivity index (χ2n) is 8.92. The van der Waals surface area contributed by atoms with Gasteiger partial charge < -0.3 is 29.1 Å². The van der Waals surface area contributed by atoms with Crippen LogP contribution in [0.2, 0.25) is 0 Å². The van der Waals surface area contributed by atoms with Crippen molar-refractivity contribution in [2.24, 2.45) is 0 Å². The van der Waals surface area contributed by atoms with E-state index in [0.29, 0.717) is 41.3 Å². The van der Waals surface area contributed by atoms with Gasteiger partial charge in [0.1, 0.15) is 11.5 Å². The first-order chi connectivity index (χ1) is 16.7. The van der Waals surface area contributed by atoms with Crippen LogP contribution in [0.4, 0.5) is 0 Å². The average Bonchev–Trinajstić information content (AvgIpc) is 3.07. The molecule has 0 saturated carbocycles. The minimum Gasteiger partial charge on any atom is -0.507 e. The first-order valence-electron chi connectivity index (χ1n) is 11.6. The van der Waals surface area contributed by atoms with E-state index in [4.69, 9.17) is 14.2 Å². The second-order valence-corrected chi connectivity index (χ2v) is 8.92. The summed E-state index contributed by atoms with van der Waals surface area (Å²) >= 11 is 0. The summed E-state index contributed by atoms with van der Waals surface area (Å²) in [7, 11) is 6.93. The molecule has 1 saturated heterocycles. The highest BCUT2D eigenvalue weighted by molar-refractivity contribution is 6.46. The van der Waals surface area contributed by atoms with E-state index in [1.807, 2.05) is 32.8 Å². The van der Waals surface area contributed by atoms with Gasteiger partial charge in [0.15, 0.2) is 11.5 Å². The third kappa shape index (κ3) is 5.59. The normalized spacial score (nSPS) is 17.4. The van der Waals surface area contributed by atoms with Crippen LogP contribution in [0.3, 0.4) is 0 Å². The van der Waals surface area contributed by atoms with Gasteiger partial charge in [0.25, 0.3) is 11.7 Å². The summed E-state index contributed by atoms with van der Waals surface area (Å²) in [5, 5.41) is 11.3. The lowest BCUT2D eigenvalue weighted by Crippen LogP contribution is -2.32. The summed E-state index contributed by atoms with van der Waals surface area (Å²) in [6.07, 6.45) is 0.659. The Morgan fingerprint density at radius 3 is 2.31 bits per heavy atom. The number of aliphatic hydroxyl groups excluding tert-OH is 1. The summed E-state index contributed by atoms with van der Waals surface area (Å²) < 4.78 is 16.8. The molecule has 2 aromatic carbocycles. The molecule has 1 heterocycles. The molecule has 0 aliphatic carbocycles. The van der Waals surface area contributed by atoms with Crippen molar-refractivity contribution in [3.05, 3.63) is 59.2 Å². The smallest absolute Gasteiger partial charge is 0.295 e. The van der Waals surface area contributed by atoms with Crippen LogP contribution in [0.15, 0.2) is 48.0 Å². The lowest BCUT2D eigenvalue weighted by atomic mass is 9.94. The van der Waals surface area contributed by atoms with Crippen LogP contribution in [-0.4, -0.2) is 74.1 Å². The Kier molecular flexibility index (Phi) is 8.40. The number of carbonyl (C=O) groups excluding carboxylic acids is 2. The zero-order chi connectivity index (χ0) is 25.7. The fraction of sp³-hybridized carbons (Fsp3) is 0.407. The number of ketones is 1. The SMILES string of the molecule is COc1cccc(C2/C(=C(/O)c3ccc(OC(C)C)cc3)C(=O)C(=O)N2CCCN(C)C)c1OC. The van der Waals surface area contributed by atoms with Crippen molar-refractivity contribution >= 4 is 17.4 Å². The summed E-state index contributed by atoms with van der Waals surface area (Å²) in [6, 6.07) is 11.3. The van der Waals surface area contributed by atoms with Crippen molar-refractivity contribution in [2.75, 3.05) is 41.4 Å². The Bertz CT molecular complexity index is 1090. The number of likely N-dealkylation sites (tertiary alicyclic amines) is 1. The predicted octanol–water partition coefficient (Wildman–Crippen LogP) is 3.86. The molecule has 0 radical (unpaired) electrons. The monoisotopic (exact) mass is 482 g/mol. The molecule has 0 bridgehead atoms. The van der Waals surface area contributed by atoms with Crippen molar-refractivity contribution in [3.63, 3.8) is 0 Å². The summed E-state index contributed by atoms with van der Waals surface area (Å²) in [5.74, 6) is -0.106. The molecule has 0 aromatic heterocycles. The van der Waals surface area contributed by atoms with Gasteiger partial charge in [0.2, 0.25) is 0 Å². The molecule has 2 aromatic rings. The third-order valence-corrected chi connectivity index (χ3v) is 5.77. The Morgan fingerprint density at radius 2 is 1.74 bits per heavy atom. The maximum Gasteiger partial charge on any atom is 0.295 e. The van der Waals surface area contributed by atoms with Crippen molar-refractivity contribution < 1.29 is 28.9 Å². The van der Waals surface area contributed by atoms with E-state index in [2.05, 4.69) is 0 Å². The van der Waals surface area contributed by atoms with Crippen LogP contribution in [0, 0.1) is 0 Å². The molecule has 188 valence electrons. The number of aliphatic hydroxyl groups is 1. The molecule has 1 amide bonds. The quantitative estimate of drug-likeness (QED) is 0.312. The summed E-state index contributed by atoms with van der Waals surface area (Å²) in [6.45, 7) is 4.92. The molecule has 0 spiro atoms. The molecular weight excluding hydrogens is 448 g/mol. The van der Waals surface area contributed by atoms with Crippen molar-refractivity contribution in [1.29, 1.82) is 0 Å². The molecular formula is C27H34N2O6. The fourth-order valence-corrected chi connectivity index (χ4v) is 4.24. The zero-order valence-electron chi connectivity index (χ0n) is 21.2. The number of hydrogen-bond acceptors (Lipinski definition) is 7. The molecule has 8 heteroatoms. The largest absolute Gasteiger partial charge is 0.507 e. The van der Waals surface area contributed by atoms with E-state index in [9.17, 15) is 14.7 Å². The molecule has 1 fully saturated rings. The number of rotatable bonds is 10. The minimum absolute atomic E-state index is 0.00228. The fourth-order valence-electron chi connectivity index (χ4n) is 4.24. The van der Waals surface area contributed by atoms with E-state index in [0.717, 1.165) is 6.54 Å². The van der Waals surface area contributed by atoms with Gasteiger partial charge in [0, 0.05) is 17.7 Å². The molecule has 8 nitrogen and oxygen atoms in total. The van der Waals surface area contributed by atoms with E-state index in [-0.39, 0.29) is 17.4 Å². The molecule has 1 aliphatic heterocycles. The van der Waals surface area contributed by atoms with Crippen LogP contribution < -0.4 is 14.2 Å². The van der Waals surface area contributed by atoms with Crippen LogP contribution in [0.25, 0.3) is 5.76 Å². The Balaban J connectivity index is 2.14. The highest BCUT2D eigenvalue weighted by atomic mass is 16.5. The van der Waals surface area contributed by atoms with E-state index in [1.165, 1.54) is 19.1 Å². The Hall–Kier alpha value is -3.52. The maximum absolute atomic E-state index is 13.3. The molecule has 1 atom stereocenters. The standard InChI is InChI=1S/C27H34N2O6/c1-17(2)35-19-13-11-18(12-14-19)24(30)22-23(20-9-7-10-21(33-5)26(20)34-6)29(27(32)25(22)31)16-8-15-28(3)4/h7,9-14,17,23,30H,8,15-16H2,1-6H3/b24-22-. The topological polar surface area (TPSA) is 88.5 Å². The number of para-hydroxylation sites is 1. The Morgan fingerprint density at radius 1 is 1.06 bits per heavy atom. The molecule has 35 heavy (non-hydrogen) atoms. The lowest BCUT2D eigenvalue weighted by Gasteiger charge is -2.27. The van der Waals surface area contributed by atoms with Gasteiger partial charge in [-0.05, 0) is 71.2 Å². The van der Waals surface area contributed by atoms with Gasteiger partial charge in [-0.2, -0.15) is 0 Å². The van der Waals surface area contributed by atoms with Crippen molar-refractivity contribution in [1.82, 2.24) is 9.80 Å². The zero-order valence-corrected chi connectivity index (χ0v) is 21.2. The van der Waals surface area contributed by atoms with Gasteiger partial charge in [-0.3, -0.25) is 9.59 Å². The first-order valence-corrected chi connectivity index (χ1v) is 11.6. The van der Waals surface area contributed by atoms with E-state index < -0.39 is 17.7 Å². The Labute approximate surface area is 206 Å². The molecule has 1 unspecified atom stereocenters. The van der Waals surface area contributed by atoms with Gasteiger partial charge >= 0.3 is 0 Å². The second kappa shape index (κ2) is 11.3. The molecule has 1 N–H and O–H groups in total. The highest BCUT2D eigenvalue weighted by Crippen LogP contribution is 2.45. The number of nitrogens with zero attached hydrogens (tertiary/aromatic N) is 2.